The smallest absolute Gasteiger partial charge is 0.326 e. The van der Waals surface area contributed by atoms with Crippen LogP contribution in [0, 0.1) is 5.92 Å². The Morgan fingerprint density at radius 1 is 0.974 bits per heavy atom. The van der Waals surface area contributed by atoms with E-state index in [0.29, 0.717) is 17.7 Å². The molecule has 0 aliphatic carbocycles. The van der Waals surface area contributed by atoms with Crippen LogP contribution in [-0.2, 0) is 30.4 Å². The highest BCUT2D eigenvalue weighted by Crippen LogP contribution is 2.19. The first-order valence-electron chi connectivity index (χ1n) is 12.7. The molecular formula is C26H38N6O6S. The van der Waals surface area contributed by atoms with E-state index < -0.39 is 53.8 Å². The standard InChI is InChI=1S/C26H38N6O6S/c1-14(2)22(32-23(34)17(27)10-11-39-3)25(36)30-19(8-9-21(28)33)24(35)31-20(26(37)38)12-15-13-29-18-7-5-4-6-16(15)18/h4-7,13-14,17,19-20,22,29H,8-12,27H2,1-3H3,(H2,28,33)(H,30,36)(H,31,35)(H,32,34)(H,37,38). The van der Waals surface area contributed by atoms with Gasteiger partial charge < -0.3 is 37.5 Å². The van der Waals surface area contributed by atoms with Gasteiger partial charge in [-0.25, -0.2) is 4.79 Å². The molecule has 12 nitrogen and oxygen atoms in total. The van der Waals surface area contributed by atoms with Crippen LogP contribution in [0.15, 0.2) is 30.5 Å². The molecule has 1 heterocycles. The molecule has 4 atom stereocenters. The van der Waals surface area contributed by atoms with Crippen LogP contribution in [0.5, 0.6) is 0 Å². The van der Waals surface area contributed by atoms with Crippen LogP contribution in [0.1, 0.15) is 38.7 Å². The predicted molar refractivity (Wildman–Crippen MR) is 150 cm³/mol. The highest BCUT2D eigenvalue weighted by atomic mass is 32.2. The molecule has 1 aromatic carbocycles. The fourth-order valence-electron chi connectivity index (χ4n) is 3.98. The van der Waals surface area contributed by atoms with Crippen LogP contribution in [0.4, 0.5) is 0 Å². The Hall–Kier alpha value is -3.58. The number of para-hydroxylation sites is 1. The van der Waals surface area contributed by atoms with E-state index in [1.165, 1.54) is 0 Å². The molecule has 214 valence electrons. The maximum atomic E-state index is 13.2. The van der Waals surface area contributed by atoms with Crippen LogP contribution < -0.4 is 27.4 Å². The van der Waals surface area contributed by atoms with Gasteiger partial charge in [0.2, 0.25) is 23.6 Å². The van der Waals surface area contributed by atoms with Crippen LogP contribution >= 0.6 is 11.8 Å². The molecule has 1 aromatic heterocycles. The number of fused-ring (bicyclic) bond motifs is 1. The second-order valence-electron chi connectivity index (χ2n) is 9.65. The molecule has 0 fully saturated rings. The van der Waals surface area contributed by atoms with Crippen molar-refractivity contribution in [1.82, 2.24) is 20.9 Å². The van der Waals surface area contributed by atoms with E-state index in [4.69, 9.17) is 11.5 Å². The maximum Gasteiger partial charge on any atom is 0.326 e. The molecule has 0 saturated carbocycles. The molecule has 0 aliphatic rings. The number of aromatic amines is 1. The van der Waals surface area contributed by atoms with Gasteiger partial charge in [-0.15, -0.1) is 0 Å². The van der Waals surface area contributed by atoms with Crippen molar-refractivity contribution < 1.29 is 29.1 Å². The van der Waals surface area contributed by atoms with Crippen LogP contribution in [0.25, 0.3) is 10.9 Å². The van der Waals surface area contributed by atoms with Gasteiger partial charge in [0.15, 0.2) is 0 Å². The summed E-state index contributed by atoms with van der Waals surface area (Å²) in [6.45, 7) is 3.44. The zero-order valence-electron chi connectivity index (χ0n) is 22.4. The number of hydrogen-bond donors (Lipinski definition) is 7. The average molecular weight is 563 g/mol. The molecular weight excluding hydrogens is 524 g/mol. The van der Waals surface area contributed by atoms with Gasteiger partial charge in [-0.1, -0.05) is 32.0 Å². The van der Waals surface area contributed by atoms with Crippen molar-refractivity contribution in [2.24, 2.45) is 17.4 Å². The Kier molecular flexibility index (Phi) is 12.3. The van der Waals surface area contributed by atoms with Gasteiger partial charge in [-0.05, 0) is 42.4 Å². The molecule has 0 saturated heterocycles. The average Bonchev–Trinajstić information content (AvgIpc) is 3.29. The number of rotatable bonds is 16. The number of hydrogen-bond acceptors (Lipinski definition) is 7. The van der Waals surface area contributed by atoms with Crippen molar-refractivity contribution in [3.05, 3.63) is 36.0 Å². The van der Waals surface area contributed by atoms with E-state index in [0.717, 1.165) is 10.9 Å². The van der Waals surface area contributed by atoms with E-state index in [1.54, 1.807) is 31.8 Å². The molecule has 0 radical (unpaired) electrons. The van der Waals surface area contributed by atoms with E-state index in [2.05, 4.69) is 20.9 Å². The lowest BCUT2D eigenvalue weighted by atomic mass is 10.0. The normalized spacial score (nSPS) is 14.3. The van der Waals surface area contributed by atoms with E-state index in [-0.39, 0.29) is 25.2 Å². The van der Waals surface area contributed by atoms with Gasteiger partial charge >= 0.3 is 5.97 Å². The molecule has 0 aliphatic heterocycles. The van der Waals surface area contributed by atoms with Crippen molar-refractivity contribution >= 4 is 52.3 Å². The lowest BCUT2D eigenvalue weighted by Crippen LogP contribution is -2.58. The summed E-state index contributed by atoms with van der Waals surface area (Å²) in [5, 5.41) is 18.3. The molecule has 2 aromatic rings. The number of thioether (sulfide) groups is 1. The first-order chi connectivity index (χ1) is 18.4. The second kappa shape index (κ2) is 15.1. The van der Waals surface area contributed by atoms with Gasteiger partial charge in [0.1, 0.15) is 18.1 Å². The minimum absolute atomic E-state index is 0.0137. The Morgan fingerprint density at radius 3 is 2.26 bits per heavy atom. The van der Waals surface area contributed by atoms with Crippen LogP contribution in [0.3, 0.4) is 0 Å². The number of H-pyrrole nitrogens is 1. The third kappa shape index (κ3) is 9.59. The molecule has 0 spiro atoms. The molecule has 39 heavy (non-hydrogen) atoms. The summed E-state index contributed by atoms with van der Waals surface area (Å²) in [7, 11) is 0. The number of nitrogens with one attached hydrogen (secondary N) is 4. The number of primary amides is 1. The van der Waals surface area contributed by atoms with E-state index in [9.17, 15) is 29.1 Å². The van der Waals surface area contributed by atoms with Crippen molar-refractivity contribution in [3.63, 3.8) is 0 Å². The number of benzene rings is 1. The van der Waals surface area contributed by atoms with Gasteiger partial charge in [0.05, 0.1) is 6.04 Å². The van der Waals surface area contributed by atoms with Crippen LogP contribution in [0.2, 0.25) is 0 Å². The summed E-state index contributed by atoms with van der Waals surface area (Å²) in [6.07, 6.45) is 3.60. The number of amides is 4. The minimum Gasteiger partial charge on any atom is -0.480 e. The third-order valence-corrected chi connectivity index (χ3v) is 6.89. The summed E-state index contributed by atoms with van der Waals surface area (Å²) in [4.78, 5) is 65.4. The Bertz CT molecular complexity index is 1170. The molecule has 13 heteroatoms. The largest absolute Gasteiger partial charge is 0.480 e. The van der Waals surface area contributed by atoms with E-state index in [1.807, 2.05) is 30.5 Å². The first kappa shape index (κ1) is 31.6. The first-order valence-corrected chi connectivity index (χ1v) is 14.1. The molecule has 0 bridgehead atoms. The SMILES string of the molecule is CSCCC(N)C(=O)NC(C(=O)NC(CCC(N)=O)C(=O)NC(Cc1c[nH]c2ccccc12)C(=O)O)C(C)C. The molecule has 9 N–H and O–H groups in total. The lowest BCUT2D eigenvalue weighted by Gasteiger charge is -2.27. The predicted octanol–water partition coefficient (Wildman–Crippen LogP) is 0.251. The van der Waals surface area contributed by atoms with Crippen LogP contribution in [-0.4, -0.2) is 75.9 Å². The number of carboxylic acids is 1. The number of carboxylic acid groups (broad SMARTS) is 1. The summed E-state index contributed by atoms with van der Waals surface area (Å²) < 4.78 is 0. The summed E-state index contributed by atoms with van der Waals surface area (Å²) in [5.74, 6) is -3.59. The van der Waals surface area contributed by atoms with Gasteiger partial charge in [0, 0.05) is 29.9 Å². The molecule has 4 unspecified atom stereocenters. The quantitative estimate of drug-likeness (QED) is 0.150. The highest BCUT2D eigenvalue weighted by Gasteiger charge is 2.32. The van der Waals surface area contributed by atoms with Crippen molar-refractivity contribution in [3.8, 4) is 0 Å². The van der Waals surface area contributed by atoms with Gasteiger partial charge in [-0.3, -0.25) is 19.2 Å². The number of nitrogens with two attached hydrogens (primary N) is 2. The summed E-state index contributed by atoms with van der Waals surface area (Å²) in [6, 6.07) is 2.97. The summed E-state index contributed by atoms with van der Waals surface area (Å²) in [5.41, 5.74) is 12.7. The highest BCUT2D eigenvalue weighted by molar-refractivity contribution is 7.98. The maximum absolute atomic E-state index is 13.2. The van der Waals surface area contributed by atoms with Gasteiger partial charge in [-0.2, -0.15) is 11.8 Å². The zero-order chi connectivity index (χ0) is 29.1. The Morgan fingerprint density at radius 2 is 1.64 bits per heavy atom. The second-order valence-corrected chi connectivity index (χ2v) is 10.6. The summed E-state index contributed by atoms with van der Waals surface area (Å²) >= 11 is 1.54. The monoisotopic (exact) mass is 562 g/mol. The van der Waals surface area contributed by atoms with Crippen molar-refractivity contribution in [2.45, 2.75) is 63.7 Å². The Labute approximate surface area is 231 Å². The number of aliphatic carboxylic acids is 1. The van der Waals surface area contributed by atoms with Crippen molar-refractivity contribution in [1.29, 1.82) is 0 Å². The van der Waals surface area contributed by atoms with E-state index >= 15 is 0 Å². The fourth-order valence-corrected chi connectivity index (χ4v) is 4.47. The molecule has 4 amide bonds. The Balaban J connectivity index is 2.17. The number of carbonyl (C=O) groups excluding carboxylic acids is 4. The lowest BCUT2D eigenvalue weighted by molar-refractivity contribution is -0.142. The number of carbonyl (C=O) groups is 5. The molecule has 2 rings (SSSR count). The topological polar surface area (TPSA) is 209 Å². The third-order valence-electron chi connectivity index (χ3n) is 6.24. The zero-order valence-corrected chi connectivity index (χ0v) is 23.2. The number of aromatic nitrogens is 1. The van der Waals surface area contributed by atoms with Gasteiger partial charge in [0.25, 0.3) is 0 Å². The fraction of sp³-hybridized carbons (Fsp3) is 0.500. The minimum atomic E-state index is -1.31. The van der Waals surface area contributed by atoms with Crippen molar-refractivity contribution in [2.75, 3.05) is 12.0 Å².